The van der Waals surface area contributed by atoms with Crippen LogP contribution in [-0.2, 0) is 6.54 Å². The molecule has 5 rings (SSSR count). The Morgan fingerprint density at radius 2 is 1.90 bits per heavy atom. The number of pyridine rings is 1. The van der Waals surface area contributed by atoms with Crippen molar-refractivity contribution in [3.8, 4) is 22.8 Å². The van der Waals surface area contributed by atoms with Crippen LogP contribution in [0.25, 0.3) is 28.3 Å². The molecule has 0 aliphatic carbocycles. The van der Waals surface area contributed by atoms with E-state index in [2.05, 4.69) is 20.2 Å². The fourth-order valence-corrected chi connectivity index (χ4v) is 3.08. The molecule has 0 bridgehead atoms. The van der Waals surface area contributed by atoms with E-state index < -0.39 is 0 Å². The molecule has 0 saturated carbocycles. The lowest BCUT2D eigenvalue weighted by atomic mass is 10.1. The van der Waals surface area contributed by atoms with Gasteiger partial charge in [-0.3, -0.25) is 9.78 Å². The average Bonchev–Trinajstić information content (AvgIpc) is 3.39. The van der Waals surface area contributed by atoms with Gasteiger partial charge in [-0.2, -0.15) is 10.1 Å². The third kappa shape index (κ3) is 3.20. The van der Waals surface area contributed by atoms with Crippen molar-refractivity contribution in [3.05, 3.63) is 88.9 Å². The lowest BCUT2D eigenvalue weighted by Gasteiger charge is -2.01. The van der Waals surface area contributed by atoms with Gasteiger partial charge in [0.1, 0.15) is 17.8 Å². The van der Waals surface area contributed by atoms with Crippen LogP contribution >= 0.6 is 0 Å². The van der Waals surface area contributed by atoms with Gasteiger partial charge in [-0.15, -0.1) is 0 Å². The summed E-state index contributed by atoms with van der Waals surface area (Å²) in [5, 5.41) is 8.45. The maximum absolute atomic E-state index is 12.9. The SMILES string of the molecule is Cc1ccc(-c2cc3c(=O)n(Cc4nc(-c5ccccn5)no4)ccn3n2)cc1. The summed E-state index contributed by atoms with van der Waals surface area (Å²) in [5.41, 5.74) is 3.79. The second-order valence-electron chi connectivity index (χ2n) is 6.68. The number of fused-ring (bicyclic) bond motifs is 1. The summed E-state index contributed by atoms with van der Waals surface area (Å²) in [4.78, 5) is 21.4. The van der Waals surface area contributed by atoms with E-state index in [0.29, 0.717) is 22.9 Å². The van der Waals surface area contributed by atoms with E-state index in [4.69, 9.17) is 4.52 Å². The lowest BCUT2D eigenvalue weighted by Crippen LogP contribution is -2.21. The Kier molecular flexibility index (Phi) is 4.02. The predicted molar refractivity (Wildman–Crippen MR) is 106 cm³/mol. The first-order chi connectivity index (χ1) is 14.2. The highest BCUT2D eigenvalue weighted by Crippen LogP contribution is 2.19. The average molecular weight is 384 g/mol. The first-order valence-corrected chi connectivity index (χ1v) is 9.07. The molecule has 8 nitrogen and oxygen atoms in total. The van der Waals surface area contributed by atoms with Gasteiger partial charge in [0.05, 0.1) is 5.69 Å². The van der Waals surface area contributed by atoms with E-state index in [1.165, 1.54) is 10.1 Å². The molecular formula is C21H16N6O2. The monoisotopic (exact) mass is 384 g/mol. The van der Waals surface area contributed by atoms with Crippen molar-refractivity contribution in [2.24, 2.45) is 0 Å². The second-order valence-corrected chi connectivity index (χ2v) is 6.68. The number of hydrogen-bond acceptors (Lipinski definition) is 6. The van der Waals surface area contributed by atoms with Gasteiger partial charge in [0.25, 0.3) is 5.56 Å². The van der Waals surface area contributed by atoms with Gasteiger partial charge < -0.3 is 9.09 Å². The molecule has 8 heteroatoms. The standard InChI is InChI=1S/C21H16N6O2/c1-14-5-7-15(8-6-14)17-12-18-21(28)26(10-11-27(18)24-17)13-19-23-20(25-29-19)16-4-2-3-9-22-16/h2-12H,13H2,1H3. The number of nitrogens with zero attached hydrogens (tertiary/aromatic N) is 6. The van der Waals surface area contributed by atoms with Crippen LogP contribution in [0, 0.1) is 6.92 Å². The van der Waals surface area contributed by atoms with Crippen LogP contribution in [0.1, 0.15) is 11.5 Å². The zero-order valence-corrected chi connectivity index (χ0v) is 15.6. The molecule has 0 spiro atoms. The Hall–Kier alpha value is -4.07. The normalized spacial score (nSPS) is 11.2. The highest BCUT2D eigenvalue weighted by Gasteiger charge is 2.13. The quantitative estimate of drug-likeness (QED) is 0.473. The van der Waals surface area contributed by atoms with E-state index in [1.54, 1.807) is 35.2 Å². The van der Waals surface area contributed by atoms with Gasteiger partial charge in [0, 0.05) is 24.2 Å². The van der Waals surface area contributed by atoms with Gasteiger partial charge in [-0.05, 0) is 25.1 Å². The molecule has 0 aliphatic rings. The number of aromatic nitrogens is 6. The molecule has 29 heavy (non-hydrogen) atoms. The van der Waals surface area contributed by atoms with E-state index >= 15 is 0 Å². The Labute approximate surface area is 165 Å². The summed E-state index contributed by atoms with van der Waals surface area (Å²) in [6, 6.07) is 15.3. The van der Waals surface area contributed by atoms with Crippen LogP contribution < -0.4 is 5.56 Å². The van der Waals surface area contributed by atoms with Crippen LogP contribution in [0.2, 0.25) is 0 Å². The van der Waals surface area contributed by atoms with Gasteiger partial charge in [0.2, 0.25) is 11.7 Å². The Balaban J connectivity index is 1.47. The largest absolute Gasteiger partial charge is 0.337 e. The minimum Gasteiger partial charge on any atom is -0.337 e. The van der Waals surface area contributed by atoms with Gasteiger partial charge in [-0.25, -0.2) is 4.52 Å². The highest BCUT2D eigenvalue weighted by atomic mass is 16.5. The number of rotatable bonds is 4. The number of aryl methyl sites for hydroxylation is 1. The molecule has 142 valence electrons. The molecule has 4 heterocycles. The molecule has 0 amide bonds. The molecule has 0 atom stereocenters. The van der Waals surface area contributed by atoms with E-state index in [1.807, 2.05) is 43.3 Å². The van der Waals surface area contributed by atoms with Crippen LogP contribution in [0.5, 0.6) is 0 Å². The lowest BCUT2D eigenvalue weighted by molar-refractivity contribution is 0.370. The van der Waals surface area contributed by atoms with Crippen molar-refractivity contribution in [1.29, 1.82) is 0 Å². The third-order valence-electron chi connectivity index (χ3n) is 4.62. The summed E-state index contributed by atoms with van der Waals surface area (Å²) >= 11 is 0. The van der Waals surface area contributed by atoms with E-state index in [9.17, 15) is 4.79 Å². The third-order valence-corrected chi connectivity index (χ3v) is 4.62. The fourth-order valence-electron chi connectivity index (χ4n) is 3.08. The predicted octanol–water partition coefficient (Wildman–Crippen LogP) is 2.96. The zero-order chi connectivity index (χ0) is 19.8. The topological polar surface area (TPSA) is 91.1 Å². The first-order valence-electron chi connectivity index (χ1n) is 9.07. The molecule has 0 saturated heterocycles. The molecule has 0 N–H and O–H groups in total. The maximum atomic E-state index is 12.9. The number of hydrogen-bond donors (Lipinski definition) is 0. The molecule has 5 aromatic rings. The van der Waals surface area contributed by atoms with Crippen molar-refractivity contribution in [2.45, 2.75) is 13.5 Å². The number of benzene rings is 1. The van der Waals surface area contributed by atoms with Crippen molar-refractivity contribution in [1.82, 2.24) is 29.3 Å². The van der Waals surface area contributed by atoms with Crippen LogP contribution in [-0.4, -0.2) is 29.3 Å². The van der Waals surface area contributed by atoms with Gasteiger partial charge >= 0.3 is 0 Å². The summed E-state index contributed by atoms with van der Waals surface area (Å²) < 4.78 is 8.40. The molecular weight excluding hydrogens is 368 g/mol. The van der Waals surface area contributed by atoms with E-state index in [0.717, 1.165) is 11.3 Å². The molecule has 1 aromatic carbocycles. The van der Waals surface area contributed by atoms with Crippen molar-refractivity contribution in [2.75, 3.05) is 0 Å². The highest BCUT2D eigenvalue weighted by molar-refractivity contribution is 5.65. The smallest absolute Gasteiger partial charge is 0.277 e. The van der Waals surface area contributed by atoms with Gasteiger partial charge in [-0.1, -0.05) is 41.1 Å². The second kappa shape index (κ2) is 6.83. The van der Waals surface area contributed by atoms with Crippen LogP contribution in [0.3, 0.4) is 0 Å². The van der Waals surface area contributed by atoms with E-state index in [-0.39, 0.29) is 12.1 Å². The van der Waals surface area contributed by atoms with Crippen LogP contribution in [0.15, 0.2) is 76.4 Å². The molecule has 0 fully saturated rings. The van der Waals surface area contributed by atoms with Crippen molar-refractivity contribution >= 4 is 5.52 Å². The Morgan fingerprint density at radius 1 is 1.03 bits per heavy atom. The Bertz CT molecular complexity index is 1350. The molecule has 4 aromatic heterocycles. The van der Waals surface area contributed by atoms with Crippen molar-refractivity contribution < 1.29 is 4.52 Å². The molecule has 0 unspecified atom stereocenters. The summed E-state index contributed by atoms with van der Waals surface area (Å²) in [7, 11) is 0. The molecule has 0 radical (unpaired) electrons. The first kappa shape index (κ1) is 17.1. The fraction of sp³-hybridized carbons (Fsp3) is 0.0952. The Morgan fingerprint density at radius 3 is 2.69 bits per heavy atom. The van der Waals surface area contributed by atoms with Crippen LogP contribution in [0.4, 0.5) is 0 Å². The van der Waals surface area contributed by atoms with Crippen molar-refractivity contribution in [3.63, 3.8) is 0 Å². The summed E-state index contributed by atoms with van der Waals surface area (Å²) in [5.74, 6) is 0.719. The summed E-state index contributed by atoms with van der Waals surface area (Å²) in [6.45, 7) is 2.20. The maximum Gasteiger partial charge on any atom is 0.277 e. The minimum absolute atomic E-state index is 0.167. The molecule has 0 aliphatic heterocycles. The minimum atomic E-state index is -0.184. The summed E-state index contributed by atoms with van der Waals surface area (Å²) in [6.07, 6.45) is 5.06. The zero-order valence-electron chi connectivity index (χ0n) is 15.6. The van der Waals surface area contributed by atoms with Gasteiger partial charge in [0.15, 0.2) is 0 Å².